The highest BCUT2D eigenvalue weighted by Crippen LogP contribution is 2.15. The molecule has 0 saturated carbocycles. The zero-order valence-electron chi connectivity index (χ0n) is 9.26. The van der Waals surface area contributed by atoms with Gasteiger partial charge in [0.05, 0.1) is 19.3 Å². The molecule has 0 radical (unpaired) electrons. The second-order valence-electron chi connectivity index (χ2n) is 3.94. The Morgan fingerprint density at radius 2 is 1.94 bits per heavy atom. The number of hydrogen-bond acceptors (Lipinski definition) is 7. The number of nitrogens with one attached hydrogen (secondary N) is 1. The van der Waals surface area contributed by atoms with Crippen LogP contribution in [0.4, 0.5) is 0 Å². The first-order chi connectivity index (χ1) is 8.24. The van der Waals surface area contributed by atoms with Gasteiger partial charge in [0.1, 0.15) is 18.3 Å². The topological polar surface area (TPSA) is 153 Å². The Morgan fingerprint density at radius 3 is 2.44 bits per heavy atom. The lowest BCUT2D eigenvalue weighted by Crippen LogP contribution is -2.60. The van der Waals surface area contributed by atoms with Gasteiger partial charge in [-0.2, -0.15) is 8.42 Å². The largest absolute Gasteiger partial charge is 0.394 e. The second-order valence-corrected chi connectivity index (χ2v) is 5.39. The van der Waals surface area contributed by atoms with Gasteiger partial charge in [0.2, 0.25) is 5.91 Å². The number of carbonyl (C=O) groups is 1. The first-order valence-corrected chi connectivity index (χ1v) is 6.68. The summed E-state index contributed by atoms with van der Waals surface area (Å²) in [5, 5.41) is 30.0. The van der Waals surface area contributed by atoms with Crippen molar-refractivity contribution in [2.75, 3.05) is 19.0 Å². The summed E-state index contributed by atoms with van der Waals surface area (Å²) in [6.07, 6.45) is -3.77. The molecule has 106 valence electrons. The Morgan fingerprint density at radius 1 is 1.33 bits per heavy atom. The van der Waals surface area contributed by atoms with Crippen LogP contribution < -0.4 is 5.32 Å². The average Bonchev–Trinajstić information content (AvgIpc) is 2.22. The van der Waals surface area contributed by atoms with E-state index in [1.165, 1.54) is 0 Å². The van der Waals surface area contributed by atoms with E-state index in [0.717, 1.165) is 0 Å². The van der Waals surface area contributed by atoms with Crippen molar-refractivity contribution in [3.8, 4) is 0 Å². The van der Waals surface area contributed by atoms with Crippen LogP contribution in [0, 0.1) is 0 Å². The highest BCUT2D eigenvalue weighted by atomic mass is 32.2. The summed E-state index contributed by atoms with van der Waals surface area (Å²) in [7, 11) is -4.46. The number of rotatable bonds is 4. The van der Waals surface area contributed by atoms with Gasteiger partial charge in [0, 0.05) is 0 Å². The van der Waals surface area contributed by atoms with Crippen molar-refractivity contribution in [3.63, 3.8) is 0 Å². The van der Waals surface area contributed by atoms with Gasteiger partial charge in [-0.15, -0.1) is 0 Å². The number of aliphatic hydroxyl groups excluding tert-OH is 3. The molecule has 0 aromatic carbocycles. The van der Waals surface area contributed by atoms with Crippen LogP contribution in [-0.4, -0.2) is 77.5 Å². The highest BCUT2D eigenvalue weighted by molar-refractivity contribution is 7.86. The lowest BCUT2D eigenvalue weighted by Gasteiger charge is -2.37. The molecule has 0 bridgehead atoms. The predicted octanol–water partition coefficient (Wildman–Crippen LogP) is -3.53. The van der Waals surface area contributed by atoms with E-state index in [-0.39, 0.29) is 6.61 Å². The van der Waals surface area contributed by atoms with Crippen LogP contribution in [0.5, 0.6) is 0 Å². The van der Waals surface area contributed by atoms with E-state index in [0.29, 0.717) is 0 Å². The van der Waals surface area contributed by atoms with Gasteiger partial charge < -0.3 is 25.4 Å². The summed E-state index contributed by atoms with van der Waals surface area (Å²) >= 11 is 0. The molecule has 5 N–H and O–H groups in total. The monoisotopic (exact) mass is 285 g/mol. The molecule has 1 rings (SSSR count). The van der Waals surface area contributed by atoms with Gasteiger partial charge in [-0.3, -0.25) is 9.35 Å². The second kappa shape index (κ2) is 5.91. The van der Waals surface area contributed by atoms with Crippen LogP contribution in [0.2, 0.25) is 0 Å². The summed E-state index contributed by atoms with van der Waals surface area (Å²) in [5.41, 5.74) is 0. The van der Waals surface area contributed by atoms with E-state index >= 15 is 0 Å². The molecule has 1 saturated heterocycles. The molecular weight excluding hydrogens is 270 g/mol. The number of hydrogen-bond donors (Lipinski definition) is 5. The zero-order chi connectivity index (χ0) is 13.9. The molecule has 1 aliphatic rings. The molecule has 9 nitrogen and oxygen atoms in total. The standard InChI is InChI=1S/C8H15NO8S/c10-1-5-8(13)7(12)4(2-17-5)9-6(11)3-18(14,15)16/h4-5,7-8,10,12-13H,1-3H2,(H,9,11)(H,14,15,16)/t4-,5+,7+,8+/m0/s1. The van der Waals surface area contributed by atoms with Crippen LogP contribution in [0.3, 0.4) is 0 Å². The third-order valence-corrected chi connectivity index (χ3v) is 3.10. The first kappa shape index (κ1) is 15.3. The number of aliphatic hydroxyl groups is 3. The van der Waals surface area contributed by atoms with E-state index in [1.54, 1.807) is 0 Å². The van der Waals surface area contributed by atoms with Crippen molar-refractivity contribution in [1.82, 2.24) is 5.32 Å². The molecule has 1 aliphatic heterocycles. The summed E-state index contributed by atoms with van der Waals surface area (Å²) in [6, 6.07) is -1.02. The molecule has 1 fully saturated rings. The smallest absolute Gasteiger partial charge is 0.274 e. The van der Waals surface area contributed by atoms with E-state index in [4.69, 9.17) is 14.4 Å². The Balaban J connectivity index is 2.56. The van der Waals surface area contributed by atoms with Gasteiger partial charge in [0.15, 0.2) is 5.75 Å². The molecule has 18 heavy (non-hydrogen) atoms. The SMILES string of the molecule is O=C(CS(=O)(=O)O)N[C@H]1CO[C@H](CO)[C@@H](O)[C@@H]1O. The molecule has 10 heteroatoms. The van der Waals surface area contributed by atoms with Crippen LogP contribution >= 0.6 is 0 Å². The van der Waals surface area contributed by atoms with E-state index in [1.807, 2.05) is 0 Å². The number of ether oxygens (including phenoxy) is 1. The molecule has 1 amide bonds. The average molecular weight is 285 g/mol. The summed E-state index contributed by atoms with van der Waals surface area (Å²) in [6.45, 7) is -0.690. The number of amides is 1. The minimum atomic E-state index is -4.46. The van der Waals surface area contributed by atoms with Crippen molar-refractivity contribution in [2.24, 2.45) is 0 Å². The molecule has 0 aliphatic carbocycles. The van der Waals surface area contributed by atoms with Gasteiger partial charge >= 0.3 is 0 Å². The van der Waals surface area contributed by atoms with Crippen LogP contribution in [0.15, 0.2) is 0 Å². The Hall–Kier alpha value is -0.780. The fraction of sp³-hybridized carbons (Fsp3) is 0.875. The fourth-order valence-corrected chi connectivity index (χ4v) is 2.00. The third kappa shape index (κ3) is 4.15. The maximum atomic E-state index is 11.2. The summed E-state index contributed by atoms with van der Waals surface area (Å²) in [5.74, 6) is -2.17. The third-order valence-electron chi connectivity index (χ3n) is 2.47. The Labute approximate surface area is 103 Å². The zero-order valence-corrected chi connectivity index (χ0v) is 10.1. The van der Waals surface area contributed by atoms with E-state index in [9.17, 15) is 23.4 Å². The van der Waals surface area contributed by atoms with Gasteiger partial charge in [0.25, 0.3) is 10.1 Å². The molecular formula is C8H15NO8S. The molecule has 0 aromatic heterocycles. The lowest BCUT2D eigenvalue weighted by atomic mass is 9.98. The number of carbonyl (C=O) groups excluding carboxylic acids is 1. The van der Waals surface area contributed by atoms with Crippen molar-refractivity contribution in [2.45, 2.75) is 24.4 Å². The van der Waals surface area contributed by atoms with E-state index < -0.39 is 52.7 Å². The highest BCUT2D eigenvalue weighted by Gasteiger charge is 2.38. The lowest BCUT2D eigenvalue weighted by molar-refractivity contribution is -0.164. The summed E-state index contributed by atoms with van der Waals surface area (Å²) in [4.78, 5) is 11.2. The molecule has 1 heterocycles. The van der Waals surface area contributed by atoms with Crippen LogP contribution in [0.25, 0.3) is 0 Å². The fourth-order valence-electron chi connectivity index (χ4n) is 1.58. The van der Waals surface area contributed by atoms with Crippen LogP contribution in [-0.2, 0) is 19.6 Å². The van der Waals surface area contributed by atoms with Crippen molar-refractivity contribution >= 4 is 16.0 Å². The predicted molar refractivity (Wildman–Crippen MR) is 57.2 cm³/mol. The summed E-state index contributed by atoms with van der Waals surface area (Å²) < 4.78 is 34.3. The van der Waals surface area contributed by atoms with Gasteiger partial charge in [-0.05, 0) is 0 Å². The quantitative estimate of drug-likeness (QED) is 0.333. The minimum Gasteiger partial charge on any atom is -0.394 e. The molecule has 0 unspecified atom stereocenters. The minimum absolute atomic E-state index is 0.194. The molecule has 0 aromatic rings. The van der Waals surface area contributed by atoms with Crippen molar-refractivity contribution in [1.29, 1.82) is 0 Å². The first-order valence-electron chi connectivity index (χ1n) is 5.07. The normalized spacial score (nSPS) is 33.1. The van der Waals surface area contributed by atoms with Crippen molar-refractivity contribution in [3.05, 3.63) is 0 Å². The Kier molecular flexibility index (Phi) is 5.01. The maximum absolute atomic E-state index is 11.2. The van der Waals surface area contributed by atoms with Crippen molar-refractivity contribution < 1.29 is 37.8 Å². The Bertz CT molecular complexity index is 396. The van der Waals surface area contributed by atoms with E-state index in [2.05, 4.69) is 5.32 Å². The maximum Gasteiger partial charge on any atom is 0.274 e. The van der Waals surface area contributed by atoms with Crippen LogP contribution in [0.1, 0.15) is 0 Å². The van der Waals surface area contributed by atoms with Gasteiger partial charge in [-0.25, -0.2) is 0 Å². The molecule has 4 atom stereocenters. The molecule has 0 spiro atoms. The van der Waals surface area contributed by atoms with Gasteiger partial charge in [-0.1, -0.05) is 0 Å².